The molecule has 0 fully saturated rings. The van der Waals surface area contributed by atoms with Gasteiger partial charge in [0.15, 0.2) is 0 Å². The van der Waals surface area contributed by atoms with Gasteiger partial charge in [0, 0.05) is 12.7 Å². The van der Waals surface area contributed by atoms with Crippen LogP contribution >= 0.6 is 0 Å². The molecule has 0 saturated heterocycles. The van der Waals surface area contributed by atoms with Crippen molar-refractivity contribution in [1.29, 1.82) is 0 Å². The number of hydrogen-bond acceptors (Lipinski definition) is 3. The van der Waals surface area contributed by atoms with Crippen LogP contribution in [0.1, 0.15) is 36.6 Å². The Hall–Kier alpha value is -1.87. The van der Waals surface area contributed by atoms with Crippen LogP contribution in [0, 0.1) is 0 Å². The molecule has 1 aliphatic rings. The van der Waals surface area contributed by atoms with Crippen molar-refractivity contribution in [3.8, 4) is 5.75 Å². The van der Waals surface area contributed by atoms with Crippen molar-refractivity contribution in [1.82, 2.24) is 10.3 Å². The normalized spacial score (nSPS) is 17.5. The topological polar surface area (TPSA) is 34.1 Å². The first-order chi connectivity index (χ1) is 9.24. The Morgan fingerprint density at radius 2 is 2.11 bits per heavy atom. The molecule has 3 nitrogen and oxygen atoms in total. The van der Waals surface area contributed by atoms with Gasteiger partial charge in [-0.2, -0.15) is 0 Å². The summed E-state index contributed by atoms with van der Waals surface area (Å²) in [6.07, 6.45) is 3.85. The zero-order valence-electron chi connectivity index (χ0n) is 11.3. The van der Waals surface area contributed by atoms with Crippen molar-refractivity contribution < 1.29 is 4.74 Å². The summed E-state index contributed by atoms with van der Waals surface area (Å²) in [6, 6.07) is 10.8. The van der Waals surface area contributed by atoms with Gasteiger partial charge in [0.05, 0.1) is 18.3 Å². The average molecular weight is 254 g/mol. The van der Waals surface area contributed by atoms with Crippen LogP contribution in [0.4, 0.5) is 0 Å². The minimum atomic E-state index is 0.167. The highest BCUT2D eigenvalue weighted by Gasteiger charge is 2.23. The van der Waals surface area contributed by atoms with Gasteiger partial charge >= 0.3 is 0 Å². The molecule has 0 saturated carbocycles. The molecular weight excluding hydrogens is 236 g/mol. The summed E-state index contributed by atoms with van der Waals surface area (Å²) in [5, 5.41) is 3.52. The standard InChI is InChI=1S/C16H18N2O/c1-11(2)19-14-7-13(8-17-10-14)16-15-6-4-3-5-12(15)9-18-16/h3-8,10-11,16,18H,9H2,1-2H3. The lowest BCUT2D eigenvalue weighted by atomic mass is 10.00. The smallest absolute Gasteiger partial charge is 0.138 e. The zero-order chi connectivity index (χ0) is 13.2. The van der Waals surface area contributed by atoms with Crippen molar-refractivity contribution in [2.45, 2.75) is 32.5 Å². The largest absolute Gasteiger partial charge is 0.489 e. The van der Waals surface area contributed by atoms with E-state index < -0.39 is 0 Å². The van der Waals surface area contributed by atoms with Gasteiger partial charge in [-0.1, -0.05) is 24.3 Å². The number of rotatable bonds is 3. The molecular formula is C16H18N2O. The lowest BCUT2D eigenvalue weighted by Crippen LogP contribution is -2.14. The molecule has 0 amide bonds. The summed E-state index contributed by atoms with van der Waals surface area (Å²) in [6.45, 7) is 4.96. The Labute approximate surface area is 113 Å². The molecule has 1 aliphatic heterocycles. The van der Waals surface area contributed by atoms with Gasteiger partial charge in [0.25, 0.3) is 0 Å². The SMILES string of the molecule is CC(C)Oc1cncc(C2NCc3ccccc32)c1. The summed E-state index contributed by atoms with van der Waals surface area (Å²) < 4.78 is 5.71. The number of ether oxygens (including phenoxy) is 1. The van der Waals surface area contributed by atoms with Crippen molar-refractivity contribution in [3.05, 3.63) is 59.4 Å². The van der Waals surface area contributed by atoms with Crippen LogP contribution in [0.3, 0.4) is 0 Å². The van der Waals surface area contributed by atoms with Crippen LogP contribution in [0.2, 0.25) is 0 Å². The molecule has 1 unspecified atom stereocenters. The molecule has 1 atom stereocenters. The number of hydrogen-bond donors (Lipinski definition) is 1. The Morgan fingerprint density at radius 3 is 2.95 bits per heavy atom. The van der Waals surface area contributed by atoms with Crippen LogP contribution in [0.15, 0.2) is 42.7 Å². The maximum absolute atomic E-state index is 5.71. The van der Waals surface area contributed by atoms with E-state index >= 15 is 0 Å². The monoisotopic (exact) mass is 254 g/mol. The Balaban J connectivity index is 1.91. The fraction of sp³-hybridized carbons (Fsp3) is 0.312. The summed E-state index contributed by atoms with van der Waals surface area (Å²) >= 11 is 0. The van der Waals surface area contributed by atoms with Gasteiger partial charge in [-0.05, 0) is 36.6 Å². The number of pyridine rings is 1. The second-order valence-electron chi connectivity index (χ2n) is 5.13. The summed E-state index contributed by atoms with van der Waals surface area (Å²) in [7, 11) is 0. The molecule has 19 heavy (non-hydrogen) atoms. The predicted molar refractivity (Wildman–Crippen MR) is 75.1 cm³/mol. The zero-order valence-corrected chi connectivity index (χ0v) is 11.3. The molecule has 3 heteroatoms. The molecule has 2 heterocycles. The molecule has 0 bridgehead atoms. The molecule has 1 aromatic heterocycles. The van der Waals surface area contributed by atoms with Crippen LogP contribution in [-0.4, -0.2) is 11.1 Å². The highest BCUT2D eigenvalue weighted by Crippen LogP contribution is 2.31. The lowest BCUT2D eigenvalue weighted by Gasteiger charge is -2.15. The van der Waals surface area contributed by atoms with Crippen LogP contribution < -0.4 is 10.1 Å². The quantitative estimate of drug-likeness (QED) is 0.914. The molecule has 0 radical (unpaired) electrons. The third-order valence-corrected chi connectivity index (χ3v) is 3.30. The summed E-state index contributed by atoms with van der Waals surface area (Å²) in [4.78, 5) is 4.29. The van der Waals surface area contributed by atoms with E-state index in [1.165, 1.54) is 11.1 Å². The molecule has 98 valence electrons. The van der Waals surface area contributed by atoms with E-state index in [1.54, 1.807) is 6.20 Å². The maximum Gasteiger partial charge on any atom is 0.138 e. The number of fused-ring (bicyclic) bond motifs is 1. The number of aromatic nitrogens is 1. The van der Waals surface area contributed by atoms with E-state index in [-0.39, 0.29) is 12.1 Å². The maximum atomic E-state index is 5.71. The first-order valence-corrected chi connectivity index (χ1v) is 6.67. The molecule has 0 aliphatic carbocycles. The summed E-state index contributed by atoms with van der Waals surface area (Å²) in [5.74, 6) is 0.832. The third kappa shape index (κ3) is 2.47. The van der Waals surface area contributed by atoms with E-state index in [2.05, 4.69) is 40.6 Å². The number of benzene rings is 1. The Bertz CT molecular complexity index is 580. The number of nitrogens with one attached hydrogen (secondary N) is 1. The summed E-state index contributed by atoms with van der Waals surface area (Å²) in [5.41, 5.74) is 3.86. The fourth-order valence-corrected chi connectivity index (χ4v) is 2.53. The lowest BCUT2D eigenvalue weighted by molar-refractivity contribution is 0.241. The molecule has 3 rings (SSSR count). The van der Waals surface area contributed by atoms with Crippen LogP contribution in [0.25, 0.3) is 0 Å². The van der Waals surface area contributed by atoms with E-state index in [9.17, 15) is 0 Å². The molecule has 0 spiro atoms. The second kappa shape index (κ2) is 5.02. The molecule has 1 N–H and O–H groups in total. The van der Waals surface area contributed by atoms with Crippen LogP contribution in [0.5, 0.6) is 5.75 Å². The van der Waals surface area contributed by atoms with Gasteiger partial charge in [0.1, 0.15) is 5.75 Å². The highest BCUT2D eigenvalue weighted by atomic mass is 16.5. The second-order valence-corrected chi connectivity index (χ2v) is 5.13. The van der Waals surface area contributed by atoms with Crippen LogP contribution in [-0.2, 0) is 6.54 Å². The van der Waals surface area contributed by atoms with Crippen molar-refractivity contribution >= 4 is 0 Å². The van der Waals surface area contributed by atoms with Crippen molar-refractivity contribution in [3.63, 3.8) is 0 Å². The first kappa shape index (κ1) is 12.2. The van der Waals surface area contributed by atoms with E-state index in [4.69, 9.17) is 4.74 Å². The number of nitrogens with zero attached hydrogens (tertiary/aromatic N) is 1. The minimum absolute atomic E-state index is 0.167. The van der Waals surface area contributed by atoms with Crippen molar-refractivity contribution in [2.24, 2.45) is 0 Å². The molecule has 2 aromatic rings. The van der Waals surface area contributed by atoms with Gasteiger partial charge in [-0.15, -0.1) is 0 Å². The first-order valence-electron chi connectivity index (χ1n) is 6.67. The third-order valence-electron chi connectivity index (χ3n) is 3.30. The Morgan fingerprint density at radius 1 is 1.26 bits per heavy atom. The van der Waals surface area contributed by atoms with E-state index in [1.807, 2.05) is 20.0 Å². The predicted octanol–water partition coefficient (Wildman–Crippen LogP) is 3.06. The van der Waals surface area contributed by atoms with Crippen molar-refractivity contribution in [2.75, 3.05) is 0 Å². The van der Waals surface area contributed by atoms with Gasteiger partial charge in [-0.3, -0.25) is 4.98 Å². The Kier molecular flexibility index (Phi) is 3.22. The fourth-order valence-electron chi connectivity index (χ4n) is 2.53. The van der Waals surface area contributed by atoms with Gasteiger partial charge in [-0.25, -0.2) is 0 Å². The van der Waals surface area contributed by atoms with E-state index in [0.717, 1.165) is 17.9 Å². The van der Waals surface area contributed by atoms with E-state index in [0.29, 0.717) is 0 Å². The minimum Gasteiger partial charge on any atom is -0.489 e. The average Bonchev–Trinajstić information content (AvgIpc) is 2.82. The molecule has 1 aromatic carbocycles. The highest BCUT2D eigenvalue weighted by molar-refractivity contribution is 5.41. The van der Waals surface area contributed by atoms with Gasteiger partial charge in [0.2, 0.25) is 0 Å². The van der Waals surface area contributed by atoms with Gasteiger partial charge < -0.3 is 10.1 Å².